The topological polar surface area (TPSA) is 78.9 Å². The predicted octanol–water partition coefficient (Wildman–Crippen LogP) is 2.41. The number of carbonyl (C=O) groups excluding carboxylic acids is 3. The molecule has 0 aliphatic carbocycles. The van der Waals surface area contributed by atoms with Crippen molar-refractivity contribution in [2.45, 2.75) is 59.2 Å². The molecule has 0 spiro atoms. The largest absolute Gasteiger partial charge is 0.462 e. The molecule has 6 nitrogen and oxygen atoms in total. The maximum atomic E-state index is 12.3. The van der Waals surface area contributed by atoms with Gasteiger partial charge in [-0.15, -0.1) is 0 Å². The molecule has 0 amide bonds. The van der Waals surface area contributed by atoms with E-state index < -0.39 is 40.9 Å². The quantitative estimate of drug-likeness (QED) is 0.406. The number of esters is 3. The van der Waals surface area contributed by atoms with Crippen LogP contribution in [0.5, 0.6) is 0 Å². The van der Waals surface area contributed by atoms with Gasteiger partial charge in [0.05, 0.1) is 5.92 Å². The van der Waals surface area contributed by atoms with Crippen LogP contribution in [0.3, 0.4) is 0 Å². The third-order valence-electron chi connectivity index (χ3n) is 4.15. The summed E-state index contributed by atoms with van der Waals surface area (Å²) < 4.78 is 15.6. The normalized spacial score (nSPS) is 23.3. The molecule has 1 aliphatic rings. The fraction of sp³-hybridized carbons (Fsp3) is 0.706. The minimum absolute atomic E-state index is 0.224. The Hall–Kier alpha value is -1.85. The molecule has 1 aliphatic heterocycles. The Kier molecular flexibility index (Phi) is 5.97. The summed E-state index contributed by atoms with van der Waals surface area (Å²) in [6.45, 7) is 12.5. The third-order valence-corrected chi connectivity index (χ3v) is 4.15. The Balaban J connectivity index is 2.70. The Morgan fingerprint density at radius 1 is 1.52 bits per heavy atom. The number of carbonyl (C=O) groups is 3. The first-order valence-electron chi connectivity index (χ1n) is 7.77. The highest BCUT2D eigenvalue weighted by Gasteiger charge is 2.47. The van der Waals surface area contributed by atoms with Crippen LogP contribution in [0.1, 0.15) is 47.5 Å². The van der Waals surface area contributed by atoms with Crippen molar-refractivity contribution in [3.8, 4) is 0 Å². The minimum Gasteiger partial charge on any atom is -0.462 e. The highest BCUT2D eigenvalue weighted by Crippen LogP contribution is 2.32. The summed E-state index contributed by atoms with van der Waals surface area (Å²) in [5, 5.41) is 0. The summed E-state index contributed by atoms with van der Waals surface area (Å²) >= 11 is 0. The first kappa shape index (κ1) is 19.2. The fourth-order valence-electron chi connectivity index (χ4n) is 2.44. The molecule has 1 fully saturated rings. The minimum atomic E-state index is -0.902. The van der Waals surface area contributed by atoms with Gasteiger partial charge in [-0.05, 0) is 19.8 Å². The predicted molar refractivity (Wildman–Crippen MR) is 83.4 cm³/mol. The van der Waals surface area contributed by atoms with Crippen LogP contribution in [0, 0.1) is 11.3 Å². The van der Waals surface area contributed by atoms with Crippen LogP contribution in [0.2, 0.25) is 0 Å². The molecule has 0 radical (unpaired) electrons. The lowest BCUT2D eigenvalue weighted by Gasteiger charge is -2.31. The van der Waals surface area contributed by atoms with Crippen LogP contribution < -0.4 is 0 Å². The Bertz CT molecular complexity index is 495. The van der Waals surface area contributed by atoms with Crippen molar-refractivity contribution in [2.24, 2.45) is 11.3 Å². The maximum Gasteiger partial charge on any atom is 0.348 e. The van der Waals surface area contributed by atoms with E-state index in [2.05, 4.69) is 6.58 Å². The lowest BCUT2D eigenvalue weighted by molar-refractivity contribution is -0.169. The van der Waals surface area contributed by atoms with Crippen molar-refractivity contribution in [2.75, 3.05) is 6.61 Å². The molecule has 0 bridgehead atoms. The molecule has 1 heterocycles. The van der Waals surface area contributed by atoms with Gasteiger partial charge >= 0.3 is 17.9 Å². The van der Waals surface area contributed by atoms with Gasteiger partial charge in [-0.1, -0.05) is 34.3 Å². The SMILES string of the molecule is C=CC(=O)OC(C)(CC)CC(C)C(=O)OC1C(=O)OCC1(C)C. The van der Waals surface area contributed by atoms with Gasteiger partial charge in [0, 0.05) is 11.5 Å². The van der Waals surface area contributed by atoms with Crippen LogP contribution in [-0.4, -0.2) is 36.2 Å². The summed E-state index contributed by atoms with van der Waals surface area (Å²) in [5.41, 5.74) is -1.34. The molecule has 130 valence electrons. The van der Waals surface area contributed by atoms with Crippen LogP contribution in [0.15, 0.2) is 12.7 Å². The van der Waals surface area contributed by atoms with Crippen molar-refractivity contribution in [3.05, 3.63) is 12.7 Å². The molecule has 3 unspecified atom stereocenters. The second-order valence-corrected chi connectivity index (χ2v) is 6.95. The maximum absolute atomic E-state index is 12.3. The van der Waals surface area contributed by atoms with Gasteiger partial charge in [0.2, 0.25) is 6.10 Å². The molecule has 0 aromatic rings. The molecule has 0 aromatic heterocycles. The van der Waals surface area contributed by atoms with E-state index in [1.54, 1.807) is 13.8 Å². The van der Waals surface area contributed by atoms with E-state index in [0.29, 0.717) is 12.8 Å². The van der Waals surface area contributed by atoms with Crippen LogP contribution in [0.4, 0.5) is 0 Å². The molecule has 0 saturated carbocycles. The summed E-state index contributed by atoms with van der Waals surface area (Å²) in [6.07, 6.45) is 1.03. The zero-order valence-electron chi connectivity index (χ0n) is 14.5. The first-order chi connectivity index (χ1) is 10.5. The van der Waals surface area contributed by atoms with Crippen LogP contribution >= 0.6 is 0 Å². The smallest absolute Gasteiger partial charge is 0.348 e. The average Bonchev–Trinajstić information content (AvgIpc) is 2.73. The standard InChI is InChI=1S/C17H26O6/c1-7-12(18)23-17(6,8-2)9-11(3)14(19)22-13-15(20)21-10-16(13,4)5/h7,11,13H,1,8-10H2,2-6H3. The van der Waals surface area contributed by atoms with E-state index in [1.807, 2.05) is 20.8 Å². The lowest BCUT2D eigenvalue weighted by atomic mass is 9.88. The zero-order chi connectivity index (χ0) is 17.8. The van der Waals surface area contributed by atoms with Crippen molar-refractivity contribution < 1.29 is 28.6 Å². The Morgan fingerprint density at radius 3 is 2.57 bits per heavy atom. The van der Waals surface area contributed by atoms with Crippen LogP contribution in [0.25, 0.3) is 0 Å². The third kappa shape index (κ3) is 4.81. The number of cyclic esters (lactones) is 1. The number of hydrogen-bond donors (Lipinski definition) is 0. The van der Waals surface area contributed by atoms with Gasteiger partial charge in [0.1, 0.15) is 12.2 Å². The van der Waals surface area contributed by atoms with E-state index in [0.717, 1.165) is 6.08 Å². The molecule has 0 aromatic carbocycles. The highest BCUT2D eigenvalue weighted by atomic mass is 16.6. The van der Waals surface area contributed by atoms with Gasteiger partial charge < -0.3 is 14.2 Å². The summed E-state index contributed by atoms with van der Waals surface area (Å²) in [7, 11) is 0. The second-order valence-electron chi connectivity index (χ2n) is 6.95. The lowest BCUT2D eigenvalue weighted by Crippen LogP contribution is -2.39. The molecule has 6 heteroatoms. The Morgan fingerprint density at radius 2 is 2.13 bits per heavy atom. The summed E-state index contributed by atoms with van der Waals surface area (Å²) in [4.78, 5) is 35.4. The van der Waals surface area contributed by atoms with Gasteiger partial charge in [-0.25, -0.2) is 9.59 Å². The van der Waals surface area contributed by atoms with E-state index in [-0.39, 0.29) is 6.61 Å². The number of ether oxygens (including phenoxy) is 3. The molecule has 23 heavy (non-hydrogen) atoms. The van der Waals surface area contributed by atoms with Gasteiger partial charge in [-0.2, -0.15) is 0 Å². The molecular weight excluding hydrogens is 300 g/mol. The monoisotopic (exact) mass is 326 g/mol. The number of rotatable bonds is 7. The first-order valence-corrected chi connectivity index (χ1v) is 7.77. The summed E-state index contributed by atoms with van der Waals surface area (Å²) in [6, 6.07) is 0. The van der Waals surface area contributed by atoms with Gasteiger partial charge in [0.25, 0.3) is 0 Å². The van der Waals surface area contributed by atoms with Crippen molar-refractivity contribution in [3.63, 3.8) is 0 Å². The molecule has 1 saturated heterocycles. The van der Waals surface area contributed by atoms with Crippen molar-refractivity contribution in [1.82, 2.24) is 0 Å². The fourth-order valence-corrected chi connectivity index (χ4v) is 2.44. The van der Waals surface area contributed by atoms with Crippen molar-refractivity contribution in [1.29, 1.82) is 0 Å². The van der Waals surface area contributed by atoms with Crippen LogP contribution in [-0.2, 0) is 28.6 Å². The van der Waals surface area contributed by atoms with E-state index in [1.165, 1.54) is 0 Å². The zero-order valence-corrected chi connectivity index (χ0v) is 14.5. The summed E-state index contributed by atoms with van der Waals surface area (Å²) in [5.74, 6) is -2.08. The highest BCUT2D eigenvalue weighted by molar-refractivity contribution is 5.83. The van der Waals surface area contributed by atoms with Crippen molar-refractivity contribution >= 4 is 17.9 Å². The van der Waals surface area contributed by atoms with E-state index in [4.69, 9.17) is 14.2 Å². The second kappa shape index (κ2) is 7.15. The average molecular weight is 326 g/mol. The number of hydrogen-bond acceptors (Lipinski definition) is 6. The molecular formula is C17H26O6. The van der Waals surface area contributed by atoms with Gasteiger partial charge in [-0.3, -0.25) is 4.79 Å². The van der Waals surface area contributed by atoms with E-state index >= 15 is 0 Å². The Labute approximate surface area is 137 Å². The molecule has 3 atom stereocenters. The van der Waals surface area contributed by atoms with Gasteiger partial charge in [0.15, 0.2) is 0 Å². The molecule has 1 rings (SSSR count). The van der Waals surface area contributed by atoms with E-state index in [9.17, 15) is 14.4 Å². The molecule has 0 N–H and O–H groups in total.